The summed E-state index contributed by atoms with van der Waals surface area (Å²) in [6.07, 6.45) is 2.63. The summed E-state index contributed by atoms with van der Waals surface area (Å²) in [6, 6.07) is 1.52. The first-order chi connectivity index (χ1) is 8.27. The molecule has 0 saturated carbocycles. The van der Waals surface area contributed by atoms with E-state index in [1.807, 2.05) is 0 Å². The standard InChI is InChI=1S/C11H19N3O3/c1-2-3-12-10-8-11(16)14(13-9-10)4-6-17-7-5-15/h8-9,12,15H,2-7H2,1H3. The fourth-order valence-electron chi connectivity index (χ4n) is 1.29. The molecule has 0 aliphatic rings. The molecule has 2 N–H and O–H groups in total. The van der Waals surface area contributed by atoms with Crippen molar-refractivity contribution in [1.29, 1.82) is 0 Å². The molecule has 0 radical (unpaired) electrons. The van der Waals surface area contributed by atoms with E-state index < -0.39 is 0 Å². The van der Waals surface area contributed by atoms with Crippen molar-refractivity contribution in [3.63, 3.8) is 0 Å². The van der Waals surface area contributed by atoms with Crippen molar-refractivity contribution >= 4 is 5.69 Å². The lowest BCUT2D eigenvalue weighted by Crippen LogP contribution is -2.25. The molecule has 96 valence electrons. The normalized spacial score (nSPS) is 10.5. The Morgan fingerprint density at radius 2 is 2.35 bits per heavy atom. The van der Waals surface area contributed by atoms with Gasteiger partial charge in [0.25, 0.3) is 5.56 Å². The van der Waals surface area contributed by atoms with Crippen LogP contribution in [-0.2, 0) is 11.3 Å². The molecule has 17 heavy (non-hydrogen) atoms. The van der Waals surface area contributed by atoms with Crippen molar-refractivity contribution in [3.8, 4) is 0 Å². The Kier molecular flexibility index (Phi) is 6.27. The monoisotopic (exact) mass is 241 g/mol. The Bertz CT molecular complexity index is 378. The first-order valence-electron chi connectivity index (χ1n) is 5.77. The number of anilines is 1. The largest absolute Gasteiger partial charge is 0.394 e. The third-order valence-electron chi connectivity index (χ3n) is 2.13. The van der Waals surface area contributed by atoms with Gasteiger partial charge in [0, 0.05) is 12.6 Å². The molecule has 1 heterocycles. The lowest BCUT2D eigenvalue weighted by atomic mass is 10.4. The van der Waals surface area contributed by atoms with Gasteiger partial charge in [0.15, 0.2) is 0 Å². The number of ether oxygens (including phenoxy) is 1. The maximum absolute atomic E-state index is 11.6. The Hall–Kier alpha value is -1.40. The second-order valence-corrected chi connectivity index (χ2v) is 3.57. The summed E-state index contributed by atoms with van der Waals surface area (Å²) >= 11 is 0. The molecule has 0 amide bonds. The molecule has 0 aromatic carbocycles. The van der Waals surface area contributed by atoms with Crippen molar-refractivity contribution in [3.05, 3.63) is 22.6 Å². The highest BCUT2D eigenvalue weighted by atomic mass is 16.5. The van der Waals surface area contributed by atoms with Gasteiger partial charge < -0.3 is 15.2 Å². The highest BCUT2D eigenvalue weighted by Gasteiger charge is 1.99. The zero-order valence-corrected chi connectivity index (χ0v) is 10.1. The summed E-state index contributed by atoms with van der Waals surface area (Å²) in [5.41, 5.74) is 0.586. The van der Waals surface area contributed by atoms with Crippen LogP contribution in [0.2, 0.25) is 0 Å². The van der Waals surface area contributed by atoms with E-state index in [-0.39, 0.29) is 18.8 Å². The number of aromatic nitrogens is 2. The number of aliphatic hydroxyl groups excluding tert-OH is 1. The Morgan fingerprint density at radius 1 is 1.53 bits per heavy atom. The molecule has 6 heteroatoms. The third kappa shape index (κ3) is 4.97. The molecule has 6 nitrogen and oxygen atoms in total. The Labute approximate surface area is 100 Å². The molecule has 1 rings (SSSR count). The smallest absolute Gasteiger partial charge is 0.268 e. The van der Waals surface area contributed by atoms with E-state index in [0.717, 1.165) is 18.7 Å². The Balaban J connectivity index is 2.48. The van der Waals surface area contributed by atoms with Crippen molar-refractivity contribution < 1.29 is 9.84 Å². The highest BCUT2D eigenvalue weighted by molar-refractivity contribution is 5.38. The van der Waals surface area contributed by atoms with Crippen LogP contribution in [0, 0.1) is 0 Å². The number of hydrogen-bond donors (Lipinski definition) is 2. The second kappa shape index (κ2) is 7.81. The molecule has 0 fully saturated rings. The first kappa shape index (κ1) is 13.7. The van der Waals surface area contributed by atoms with Gasteiger partial charge in [-0.05, 0) is 6.42 Å². The van der Waals surface area contributed by atoms with E-state index in [9.17, 15) is 4.79 Å². The van der Waals surface area contributed by atoms with Crippen molar-refractivity contribution in [1.82, 2.24) is 9.78 Å². The number of rotatable bonds is 8. The van der Waals surface area contributed by atoms with Gasteiger partial charge in [0.2, 0.25) is 0 Å². The molecule has 1 aromatic rings. The zero-order valence-electron chi connectivity index (χ0n) is 10.1. The van der Waals surface area contributed by atoms with Crippen molar-refractivity contribution in [2.75, 3.05) is 31.7 Å². The SMILES string of the molecule is CCCNc1cnn(CCOCCO)c(=O)c1. The van der Waals surface area contributed by atoms with Crippen LogP contribution in [0.4, 0.5) is 5.69 Å². The van der Waals surface area contributed by atoms with Gasteiger partial charge in [-0.3, -0.25) is 4.79 Å². The molecule has 0 saturated heterocycles. The number of nitrogens with one attached hydrogen (secondary N) is 1. The van der Waals surface area contributed by atoms with Crippen LogP contribution in [0.15, 0.2) is 17.1 Å². The fraction of sp³-hybridized carbons (Fsp3) is 0.636. The van der Waals surface area contributed by atoms with E-state index in [4.69, 9.17) is 9.84 Å². The van der Waals surface area contributed by atoms with Gasteiger partial charge in [0.05, 0.1) is 38.2 Å². The molecule has 0 unspecified atom stereocenters. The fourth-order valence-corrected chi connectivity index (χ4v) is 1.29. The van der Waals surface area contributed by atoms with E-state index in [1.165, 1.54) is 10.7 Å². The molecule has 1 aromatic heterocycles. The Morgan fingerprint density at radius 3 is 3.00 bits per heavy atom. The zero-order chi connectivity index (χ0) is 12.5. The molecule has 0 aliphatic heterocycles. The summed E-state index contributed by atoms with van der Waals surface area (Å²) in [4.78, 5) is 11.6. The van der Waals surface area contributed by atoms with E-state index in [0.29, 0.717) is 13.2 Å². The van der Waals surface area contributed by atoms with Gasteiger partial charge >= 0.3 is 0 Å². The quantitative estimate of drug-likeness (QED) is 0.630. The highest BCUT2D eigenvalue weighted by Crippen LogP contribution is 1.99. The average molecular weight is 241 g/mol. The van der Waals surface area contributed by atoms with Gasteiger partial charge in [-0.1, -0.05) is 6.92 Å². The summed E-state index contributed by atoms with van der Waals surface area (Å²) < 4.78 is 6.41. The van der Waals surface area contributed by atoms with Crippen LogP contribution in [0.25, 0.3) is 0 Å². The van der Waals surface area contributed by atoms with E-state index in [1.54, 1.807) is 6.20 Å². The van der Waals surface area contributed by atoms with Crippen LogP contribution in [0.5, 0.6) is 0 Å². The van der Waals surface area contributed by atoms with Gasteiger partial charge in [-0.2, -0.15) is 5.10 Å². The van der Waals surface area contributed by atoms with Crippen LogP contribution in [0.1, 0.15) is 13.3 Å². The predicted octanol–water partition coefficient (Wildman–Crippen LogP) is 0.0741. The number of hydrogen-bond acceptors (Lipinski definition) is 5. The van der Waals surface area contributed by atoms with Gasteiger partial charge in [-0.25, -0.2) is 4.68 Å². The van der Waals surface area contributed by atoms with Crippen LogP contribution >= 0.6 is 0 Å². The van der Waals surface area contributed by atoms with E-state index >= 15 is 0 Å². The minimum Gasteiger partial charge on any atom is -0.394 e. The molecule has 0 spiro atoms. The minimum absolute atomic E-state index is 0.0117. The van der Waals surface area contributed by atoms with Crippen LogP contribution < -0.4 is 10.9 Å². The molecular formula is C11H19N3O3. The molecule has 0 bridgehead atoms. The van der Waals surface area contributed by atoms with E-state index in [2.05, 4.69) is 17.3 Å². The van der Waals surface area contributed by atoms with Crippen molar-refractivity contribution in [2.45, 2.75) is 19.9 Å². The van der Waals surface area contributed by atoms with Gasteiger partial charge in [0.1, 0.15) is 0 Å². The van der Waals surface area contributed by atoms with Crippen LogP contribution in [-0.4, -0.2) is 41.3 Å². The minimum atomic E-state index is -0.154. The second-order valence-electron chi connectivity index (χ2n) is 3.57. The average Bonchev–Trinajstić information content (AvgIpc) is 2.34. The van der Waals surface area contributed by atoms with Crippen LogP contribution in [0.3, 0.4) is 0 Å². The molecular weight excluding hydrogens is 222 g/mol. The lowest BCUT2D eigenvalue weighted by Gasteiger charge is -2.07. The molecule has 0 aliphatic carbocycles. The summed E-state index contributed by atoms with van der Waals surface area (Å²) in [7, 11) is 0. The predicted molar refractivity (Wildman–Crippen MR) is 65.2 cm³/mol. The first-order valence-corrected chi connectivity index (χ1v) is 5.77. The summed E-state index contributed by atoms with van der Waals surface area (Å²) in [5, 5.41) is 15.6. The third-order valence-corrected chi connectivity index (χ3v) is 2.13. The molecule has 0 atom stereocenters. The lowest BCUT2D eigenvalue weighted by molar-refractivity contribution is 0.0847. The number of aliphatic hydroxyl groups is 1. The summed E-state index contributed by atoms with van der Waals surface area (Å²) in [5.74, 6) is 0. The maximum atomic E-state index is 11.6. The van der Waals surface area contributed by atoms with Gasteiger partial charge in [-0.15, -0.1) is 0 Å². The maximum Gasteiger partial charge on any atom is 0.268 e. The number of nitrogens with zero attached hydrogens (tertiary/aromatic N) is 2. The topological polar surface area (TPSA) is 76.4 Å². The van der Waals surface area contributed by atoms with Crippen molar-refractivity contribution in [2.24, 2.45) is 0 Å². The summed E-state index contributed by atoms with van der Waals surface area (Å²) in [6.45, 7) is 3.92.